The van der Waals surface area contributed by atoms with Crippen molar-refractivity contribution < 1.29 is 22.9 Å². The summed E-state index contributed by atoms with van der Waals surface area (Å²) in [5, 5.41) is 13.9. The fraction of sp³-hybridized carbons (Fsp3) is 0.389. The van der Waals surface area contributed by atoms with Crippen LogP contribution in [0.4, 0.5) is 5.69 Å². The maximum atomic E-state index is 12.9. The smallest absolute Gasteiger partial charge is 0.289 e. The van der Waals surface area contributed by atoms with E-state index in [2.05, 4.69) is 15.3 Å². The van der Waals surface area contributed by atoms with Gasteiger partial charge in [0.2, 0.25) is 10.0 Å². The first-order valence-electron chi connectivity index (χ1n) is 9.33. The number of nitro groups is 1. The van der Waals surface area contributed by atoms with Gasteiger partial charge in [0.25, 0.3) is 11.6 Å². The average molecular weight is 433 g/mol. The summed E-state index contributed by atoms with van der Waals surface area (Å²) in [7, 11) is -4.00. The molecule has 158 valence electrons. The van der Waals surface area contributed by atoms with Crippen molar-refractivity contribution in [2.75, 3.05) is 13.1 Å². The zero-order valence-corrected chi connectivity index (χ0v) is 16.6. The van der Waals surface area contributed by atoms with Crippen LogP contribution in [0.15, 0.2) is 47.8 Å². The molecule has 2 aromatic rings. The van der Waals surface area contributed by atoms with Gasteiger partial charge in [-0.25, -0.2) is 13.4 Å². The molecule has 0 radical (unpaired) electrons. The molecule has 0 spiro atoms. The molecule has 4 rings (SSSR count). The number of carbonyl (C=O) groups is 1. The van der Waals surface area contributed by atoms with Crippen LogP contribution in [0.2, 0.25) is 0 Å². The van der Waals surface area contributed by atoms with Gasteiger partial charge < -0.3 is 10.1 Å². The summed E-state index contributed by atoms with van der Waals surface area (Å²) in [6.07, 6.45) is 4.79. The van der Waals surface area contributed by atoms with Crippen LogP contribution in [0.3, 0.4) is 0 Å². The Morgan fingerprint density at radius 2 is 2.10 bits per heavy atom. The molecule has 1 aromatic carbocycles. The first-order chi connectivity index (χ1) is 14.4. The van der Waals surface area contributed by atoms with Gasteiger partial charge in [-0.2, -0.15) is 4.31 Å². The molecule has 2 saturated heterocycles. The molecule has 2 fully saturated rings. The third-order valence-electron chi connectivity index (χ3n) is 5.25. The number of nitro benzene ring substituents is 1. The Kier molecular flexibility index (Phi) is 5.45. The average Bonchev–Trinajstić information content (AvgIpc) is 2.73. The molecule has 11 nitrogen and oxygen atoms in total. The first kappa shape index (κ1) is 20.3. The number of hydrogen-bond acceptors (Lipinski definition) is 8. The van der Waals surface area contributed by atoms with E-state index in [-0.39, 0.29) is 47.8 Å². The monoisotopic (exact) mass is 433 g/mol. The highest BCUT2D eigenvalue weighted by atomic mass is 32.2. The van der Waals surface area contributed by atoms with Crippen LogP contribution in [0.25, 0.3) is 0 Å². The molecule has 0 bridgehead atoms. The molecular weight excluding hydrogens is 414 g/mol. The number of carbonyl (C=O) groups excluding carboxylic acids is 1. The normalized spacial score (nSPS) is 23.8. The number of aromatic nitrogens is 2. The molecule has 0 saturated carbocycles. The summed E-state index contributed by atoms with van der Waals surface area (Å²) < 4.78 is 33.1. The van der Waals surface area contributed by atoms with E-state index in [0.717, 1.165) is 0 Å². The van der Waals surface area contributed by atoms with Crippen molar-refractivity contribution in [1.82, 2.24) is 19.6 Å². The minimum atomic E-state index is -4.00. The fourth-order valence-corrected chi connectivity index (χ4v) is 5.56. The number of nitrogens with zero attached hydrogens (tertiary/aromatic N) is 4. The van der Waals surface area contributed by atoms with Crippen molar-refractivity contribution in [3.63, 3.8) is 0 Å². The molecule has 3 heterocycles. The first-order valence-corrected chi connectivity index (χ1v) is 10.8. The molecule has 1 N–H and O–H groups in total. The van der Waals surface area contributed by atoms with E-state index < -0.39 is 20.6 Å². The van der Waals surface area contributed by atoms with Gasteiger partial charge in [-0.1, -0.05) is 12.1 Å². The largest absolute Gasteiger partial charge is 0.370 e. The lowest BCUT2D eigenvalue weighted by molar-refractivity contribution is -0.387. The molecule has 2 aliphatic heterocycles. The lowest BCUT2D eigenvalue weighted by atomic mass is 9.92. The van der Waals surface area contributed by atoms with Gasteiger partial charge in [0.05, 0.1) is 29.4 Å². The number of hydrogen-bond donors (Lipinski definition) is 1. The molecule has 12 heteroatoms. The summed E-state index contributed by atoms with van der Waals surface area (Å²) in [4.78, 5) is 30.0. The Bertz CT molecular complexity index is 1060. The minimum Gasteiger partial charge on any atom is -0.370 e. The van der Waals surface area contributed by atoms with E-state index in [0.29, 0.717) is 12.8 Å². The number of nitrogens with one attached hydrogen (secondary N) is 1. The van der Waals surface area contributed by atoms with Crippen LogP contribution < -0.4 is 5.32 Å². The highest BCUT2D eigenvalue weighted by molar-refractivity contribution is 7.89. The van der Waals surface area contributed by atoms with Crippen LogP contribution in [-0.2, 0) is 14.8 Å². The Balaban J connectivity index is 1.36. The van der Waals surface area contributed by atoms with E-state index in [4.69, 9.17) is 4.74 Å². The van der Waals surface area contributed by atoms with Crippen molar-refractivity contribution in [3.8, 4) is 0 Å². The summed E-state index contributed by atoms with van der Waals surface area (Å²) in [6, 6.07) is 4.94. The second kappa shape index (κ2) is 8.05. The van der Waals surface area contributed by atoms with Gasteiger partial charge in [0.1, 0.15) is 5.69 Å². The third kappa shape index (κ3) is 3.76. The van der Waals surface area contributed by atoms with E-state index in [9.17, 15) is 23.3 Å². The van der Waals surface area contributed by atoms with Gasteiger partial charge in [0, 0.05) is 31.5 Å². The van der Waals surface area contributed by atoms with Crippen molar-refractivity contribution >= 4 is 21.6 Å². The van der Waals surface area contributed by atoms with Crippen molar-refractivity contribution in [3.05, 3.63) is 58.7 Å². The van der Waals surface area contributed by atoms with Gasteiger partial charge in [-0.3, -0.25) is 19.9 Å². The summed E-state index contributed by atoms with van der Waals surface area (Å²) >= 11 is 0. The number of para-hydroxylation sites is 1. The van der Waals surface area contributed by atoms with E-state index in [1.807, 2.05) is 0 Å². The van der Waals surface area contributed by atoms with E-state index >= 15 is 0 Å². The Morgan fingerprint density at radius 1 is 1.30 bits per heavy atom. The molecule has 1 amide bonds. The predicted octanol–water partition coefficient (Wildman–Crippen LogP) is 0.735. The second-order valence-electron chi connectivity index (χ2n) is 7.04. The van der Waals surface area contributed by atoms with Crippen molar-refractivity contribution in [1.29, 1.82) is 0 Å². The third-order valence-corrected chi connectivity index (χ3v) is 7.18. The van der Waals surface area contributed by atoms with Crippen molar-refractivity contribution in [2.45, 2.75) is 36.0 Å². The zero-order chi connectivity index (χ0) is 21.3. The van der Waals surface area contributed by atoms with Gasteiger partial charge in [0.15, 0.2) is 4.90 Å². The number of fused-ring (bicyclic) bond motifs is 1. The zero-order valence-electron chi connectivity index (χ0n) is 15.7. The predicted molar refractivity (Wildman–Crippen MR) is 103 cm³/mol. The maximum Gasteiger partial charge on any atom is 0.289 e. The topological polar surface area (TPSA) is 145 Å². The maximum absolute atomic E-state index is 12.9. The van der Waals surface area contributed by atoms with Gasteiger partial charge in [-0.05, 0) is 18.9 Å². The SMILES string of the molecule is O=C(NC[C@@H]1CC[C@@H]2[C@@H](CN2S(=O)(=O)c2ccccc2[N+](=O)[O-])O1)c1cnccn1. The van der Waals surface area contributed by atoms with Crippen LogP contribution in [0, 0.1) is 10.1 Å². The number of rotatable bonds is 6. The second-order valence-corrected chi connectivity index (χ2v) is 8.90. The molecular formula is C18H19N5O6S. The molecule has 30 heavy (non-hydrogen) atoms. The lowest BCUT2D eigenvalue weighted by Gasteiger charge is -2.50. The summed E-state index contributed by atoms with van der Waals surface area (Å²) in [5.74, 6) is -0.358. The Labute approximate surface area is 172 Å². The summed E-state index contributed by atoms with van der Waals surface area (Å²) in [5.41, 5.74) is -0.237. The van der Waals surface area contributed by atoms with E-state index in [1.54, 1.807) is 0 Å². The minimum absolute atomic E-state index is 0.119. The van der Waals surface area contributed by atoms with Gasteiger partial charge >= 0.3 is 0 Å². The fourth-order valence-electron chi connectivity index (χ4n) is 3.71. The van der Waals surface area contributed by atoms with E-state index in [1.165, 1.54) is 47.2 Å². The summed E-state index contributed by atoms with van der Waals surface area (Å²) in [6.45, 7) is 0.392. The number of ether oxygens (including phenoxy) is 1. The molecule has 0 unspecified atom stereocenters. The highest BCUT2D eigenvalue weighted by Crippen LogP contribution is 2.38. The number of sulfonamides is 1. The number of benzene rings is 1. The standard InChI is InChI=1S/C18H19N5O6S/c24-18(13-10-19-7-8-20-13)21-9-12-5-6-14-16(29-12)11-22(14)30(27,28)17-4-2-1-3-15(17)23(25)26/h1-4,7-8,10,12,14,16H,5-6,9,11H2,(H,21,24)/t12-,14+,16+/m0/s1. The van der Waals surface area contributed by atoms with Crippen LogP contribution in [0.1, 0.15) is 23.3 Å². The van der Waals surface area contributed by atoms with Gasteiger partial charge in [-0.15, -0.1) is 0 Å². The highest BCUT2D eigenvalue weighted by Gasteiger charge is 2.51. The molecule has 1 aromatic heterocycles. The molecule has 2 aliphatic rings. The number of amides is 1. The van der Waals surface area contributed by atoms with Crippen LogP contribution >= 0.6 is 0 Å². The van der Waals surface area contributed by atoms with Crippen LogP contribution in [-0.4, -0.2) is 64.9 Å². The quantitative estimate of drug-likeness (QED) is 0.519. The molecule has 3 atom stereocenters. The Hall–Kier alpha value is -2.96. The Morgan fingerprint density at radius 3 is 2.80 bits per heavy atom. The van der Waals surface area contributed by atoms with Crippen LogP contribution in [0.5, 0.6) is 0 Å². The van der Waals surface area contributed by atoms with Crippen molar-refractivity contribution in [2.24, 2.45) is 0 Å². The lowest BCUT2D eigenvalue weighted by Crippen LogP contribution is -2.66. The molecule has 0 aliphatic carbocycles.